The quantitative estimate of drug-likeness (QED) is 0.510. The fourth-order valence-electron chi connectivity index (χ4n) is 1.67. The number of Topliss-reactive ketones (excluding diaryl/α,β-unsaturated/α-hetero) is 1. The molecule has 3 nitrogen and oxygen atoms in total. The average Bonchev–Trinajstić information content (AvgIpc) is 2.04. The summed E-state index contributed by atoms with van der Waals surface area (Å²) in [5.74, 6) is 0.620. The fraction of sp³-hybridized carbons (Fsp3) is 0.556. The van der Waals surface area contributed by atoms with Crippen molar-refractivity contribution in [2.24, 2.45) is 0 Å². The Labute approximate surface area is 70.4 Å². The minimum absolute atomic E-state index is 0.170. The zero-order chi connectivity index (χ0) is 8.55. The summed E-state index contributed by atoms with van der Waals surface area (Å²) in [5.41, 5.74) is 0.765. The number of hydrogen-bond donors (Lipinski definition) is 0. The van der Waals surface area contributed by atoms with Gasteiger partial charge in [-0.05, 0) is 12.8 Å². The standard InChI is InChI=1S/C9H10O3/c10-7-2-1-3-8-6(7)4-5-9(11)12-8/h1-5H2. The maximum Gasteiger partial charge on any atom is 0.311 e. The molecule has 0 aromatic rings. The molecule has 0 unspecified atom stereocenters. The second-order valence-electron chi connectivity index (χ2n) is 3.15. The highest BCUT2D eigenvalue weighted by molar-refractivity contribution is 5.98. The van der Waals surface area contributed by atoms with E-state index in [1.54, 1.807) is 0 Å². The van der Waals surface area contributed by atoms with E-state index < -0.39 is 0 Å². The first kappa shape index (κ1) is 7.53. The fourth-order valence-corrected chi connectivity index (χ4v) is 1.67. The number of hydrogen-bond acceptors (Lipinski definition) is 3. The second-order valence-corrected chi connectivity index (χ2v) is 3.15. The Kier molecular flexibility index (Phi) is 1.71. The predicted molar refractivity (Wildman–Crippen MR) is 41.2 cm³/mol. The van der Waals surface area contributed by atoms with E-state index in [1.165, 1.54) is 0 Å². The van der Waals surface area contributed by atoms with Gasteiger partial charge in [-0.3, -0.25) is 9.59 Å². The van der Waals surface area contributed by atoms with Crippen LogP contribution in [0.1, 0.15) is 32.1 Å². The van der Waals surface area contributed by atoms with Crippen LogP contribution in [0.15, 0.2) is 11.3 Å². The lowest BCUT2D eigenvalue weighted by Crippen LogP contribution is -2.21. The van der Waals surface area contributed by atoms with Crippen LogP contribution in [0.3, 0.4) is 0 Å². The third-order valence-corrected chi connectivity index (χ3v) is 2.30. The van der Waals surface area contributed by atoms with Crippen LogP contribution in [0.5, 0.6) is 0 Å². The zero-order valence-corrected chi connectivity index (χ0v) is 6.76. The van der Waals surface area contributed by atoms with Crippen molar-refractivity contribution >= 4 is 11.8 Å². The third-order valence-electron chi connectivity index (χ3n) is 2.30. The molecule has 12 heavy (non-hydrogen) atoms. The van der Waals surface area contributed by atoms with Crippen LogP contribution in [-0.2, 0) is 14.3 Å². The van der Waals surface area contributed by atoms with Gasteiger partial charge >= 0.3 is 5.97 Å². The predicted octanol–water partition coefficient (Wildman–Crippen LogP) is 1.33. The molecule has 2 aliphatic rings. The largest absolute Gasteiger partial charge is 0.431 e. The molecule has 0 aromatic heterocycles. The van der Waals surface area contributed by atoms with E-state index in [9.17, 15) is 9.59 Å². The second kappa shape index (κ2) is 2.73. The van der Waals surface area contributed by atoms with E-state index in [-0.39, 0.29) is 11.8 Å². The number of carbonyl (C=O) groups excluding carboxylic acids is 2. The van der Waals surface area contributed by atoms with Crippen molar-refractivity contribution in [3.05, 3.63) is 11.3 Å². The lowest BCUT2D eigenvalue weighted by Gasteiger charge is -2.22. The van der Waals surface area contributed by atoms with Gasteiger partial charge in [0.25, 0.3) is 0 Å². The van der Waals surface area contributed by atoms with Crippen molar-refractivity contribution in [3.8, 4) is 0 Å². The van der Waals surface area contributed by atoms with E-state index in [4.69, 9.17) is 4.74 Å². The number of rotatable bonds is 0. The van der Waals surface area contributed by atoms with Crippen molar-refractivity contribution < 1.29 is 14.3 Å². The molecule has 3 heteroatoms. The molecule has 64 valence electrons. The third kappa shape index (κ3) is 1.15. The van der Waals surface area contributed by atoms with Gasteiger partial charge in [0.2, 0.25) is 0 Å². The van der Waals surface area contributed by atoms with E-state index >= 15 is 0 Å². The van der Waals surface area contributed by atoms with E-state index in [0.29, 0.717) is 25.0 Å². The van der Waals surface area contributed by atoms with Gasteiger partial charge in [0, 0.05) is 18.4 Å². The molecule has 0 saturated heterocycles. The van der Waals surface area contributed by atoms with Gasteiger partial charge in [-0.25, -0.2) is 0 Å². The van der Waals surface area contributed by atoms with Crippen LogP contribution in [-0.4, -0.2) is 11.8 Å². The summed E-state index contributed by atoms with van der Waals surface area (Å²) in [5, 5.41) is 0. The van der Waals surface area contributed by atoms with Crippen molar-refractivity contribution in [2.45, 2.75) is 32.1 Å². The van der Waals surface area contributed by atoms with Crippen LogP contribution in [0, 0.1) is 0 Å². The van der Waals surface area contributed by atoms with Crippen molar-refractivity contribution in [1.29, 1.82) is 0 Å². The molecule has 0 saturated carbocycles. The molecule has 0 fully saturated rings. The van der Waals surface area contributed by atoms with Crippen LogP contribution >= 0.6 is 0 Å². The van der Waals surface area contributed by atoms with Crippen LogP contribution in [0.4, 0.5) is 0 Å². The minimum Gasteiger partial charge on any atom is -0.431 e. The number of ether oxygens (including phenoxy) is 1. The normalized spacial score (nSPS) is 23.7. The molecular formula is C9H10O3. The summed E-state index contributed by atoms with van der Waals surface area (Å²) in [6.45, 7) is 0. The van der Waals surface area contributed by atoms with E-state index in [0.717, 1.165) is 18.4 Å². The molecule has 0 atom stereocenters. The van der Waals surface area contributed by atoms with Gasteiger partial charge in [-0.1, -0.05) is 0 Å². The molecule has 1 aliphatic heterocycles. The topological polar surface area (TPSA) is 43.4 Å². The zero-order valence-electron chi connectivity index (χ0n) is 6.76. The molecule has 2 rings (SSSR count). The van der Waals surface area contributed by atoms with Gasteiger partial charge in [0.1, 0.15) is 5.76 Å². The maximum atomic E-state index is 11.3. The maximum absolute atomic E-state index is 11.3. The van der Waals surface area contributed by atoms with Crippen molar-refractivity contribution in [3.63, 3.8) is 0 Å². The molecule has 0 bridgehead atoms. The van der Waals surface area contributed by atoms with Gasteiger partial charge in [-0.15, -0.1) is 0 Å². The monoisotopic (exact) mass is 166 g/mol. The van der Waals surface area contributed by atoms with E-state index in [1.807, 2.05) is 0 Å². The smallest absolute Gasteiger partial charge is 0.311 e. The number of allylic oxidation sites excluding steroid dienone is 2. The summed E-state index contributed by atoms with van der Waals surface area (Å²) in [4.78, 5) is 22.1. The molecule has 0 aromatic carbocycles. The summed E-state index contributed by atoms with van der Waals surface area (Å²) in [6.07, 6.45) is 3.16. The molecule has 0 radical (unpaired) electrons. The highest BCUT2D eigenvalue weighted by atomic mass is 16.5. The Bertz CT molecular complexity index is 275. The molecule has 0 spiro atoms. The molecule has 1 aliphatic carbocycles. The van der Waals surface area contributed by atoms with Gasteiger partial charge in [0.15, 0.2) is 5.78 Å². The van der Waals surface area contributed by atoms with Crippen LogP contribution in [0.2, 0.25) is 0 Å². The first-order valence-electron chi connectivity index (χ1n) is 4.23. The van der Waals surface area contributed by atoms with Gasteiger partial charge in [0.05, 0.1) is 6.42 Å². The Hall–Kier alpha value is -1.12. The highest BCUT2D eigenvalue weighted by Gasteiger charge is 2.27. The average molecular weight is 166 g/mol. The SMILES string of the molecule is O=C1CCC2=C(CCCC2=O)O1. The van der Waals surface area contributed by atoms with E-state index in [2.05, 4.69) is 0 Å². The Morgan fingerprint density at radius 1 is 1.00 bits per heavy atom. The number of esters is 1. The summed E-state index contributed by atoms with van der Waals surface area (Å²) in [7, 11) is 0. The highest BCUT2D eigenvalue weighted by Crippen LogP contribution is 2.29. The first-order chi connectivity index (χ1) is 5.77. The first-order valence-corrected chi connectivity index (χ1v) is 4.23. The minimum atomic E-state index is -0.191. The molecule has 0 N–H and O–H groups in total. The van der Waals surface area contributed by atoms with Crippen LogP contribution in [0.25, 0.3) is 0 Å². The number of carbonyl (C=O) groups is 2. The molecule has 0 amide bonds. The summed E-state index contributed by atoms with van der Waals surface area (Å²) < 4.78 is 4.98. The number of ketones is 1. The van der Waals surface area contributed by atoms with Crippen LogP contribution < -0.4 is 0 Å². The molecular weight excluding hydrogens is 156 g/mol. The van der Waals surface area contributed by atoms with Gasteiger partial charge < -0.3 is 4.74 Å². The van der Waals surface area contributed by atoms with Crippen molar-refractivity contribution in [2.75, 3.05) is 0 Å². The Morgan fingerprint density at radius 3 is 2.67 bits per heavy atom. The Balaban J connectivity index is 2.30. The molecule has 1 heterocycles. The lowest BCUT2D eigenvalue weighted by atomic mass is 9.91. The Morgan fingerprint density at radius 2 is 1.83 bits per heavy atom. The van der Waals surface area contributed by atoms with Crippen molar-refractivity contribution in [1.82, 2.24) is 0 Å². The summed E-state index contributed by atoms with van der Waals surface area (Å²) in [6, 6.07) is 0. The lowest BCUT2D eigenvalue weighted by molar-refractivity contribution is -0.141. The summed E-state index contributed by atoms with van der Waals surface area (Å²) >= 11 is 0. The van der Waals surface area contributed by atoms with Gasteiger partial charge in [-0.2, -0.15) is 0 Å².